The predicted octanol–water partition coefficient (Wildman–Crippen LogP) is 2.29. The Labute approximate surface area is 201 Å². The van der Waals surface area contributed by atoms with Crippen molar-refractivity contribution in [2.24, 2.45) is 5.92 Å². The number of carbonyl (C=O) groups is 1. The molecule has 2 aliphatic rings. The monoisotopic (exact) mass is 498 g/mol. The number of sulfonamides is 1. The van der Waals surface area contributed by atoms with E-state index in [2.05, 4.69) is 9.62 Å². The van der Waals surface area contributed by atoms with Crippen molar-refractivity contribution in [2.45, 2.75) is 23.8 Å². The molecule has 8 nitrogen and oxygen atoms in total. The number of nitrogens with zero attached hydrogens (tertiary/aromatic N) is 2. The number of fused-ring (bicyclic) bond motifs is 4. The Morgan fingerprint density at radius 3 is 2.53 bits per heavy atom. The van der Waals surface area contributed by atoms with Crippen molar-refractivity contribution >= 4 is 39.0 Å². The highest BCUT2D eigenvalue weighted by Crippen LogP contribution is 2.39. The van der Waals surface area contributed by atoms with Gasteiger partial charge in [0.05, 0.1) is 22.2 Å². The van der Waals surface area contributed by atoms with E-state index in [1.54, 1.807) is 18.2 Å². The number of benzene rings is 2. The van der Waals surface area contributed by atoms with Crippen LogP contribution in [0.1, 0.15) is 28.4 Å². The third-order valence-electron chi connectivity index (χ3n) is 6.42. The quantitative estimate of drug-likeness (QED) is 0.577. The molecule has 2 atom stereocenters. The zero-order valence-corrected chi connectivity index (χ0v) is 19.6. The summed E-state index contributed by atoms with van der Waals surface area (Å²) < 4.78 is 30.5. The topological polar surface area (TPSA) is 112 Å². The van der Waals surface area contributed by atoms with Crippen molar-refractivity contribution in [1.29, 1.82) is 0 Å². The lowest BCUT2D eigenvalue weighted by Crippen LogP contribution is -2.47. The number of carbonyl (C=O) groups excluding carboxylic acids is 1. The molecule has 5 rings (SSSR count). The zero-order valence-electron chi connectivity index (χ0n) is 18.0. The molecular formula is C24H21ClN3O5S-. The Hall–Kier alpha value is -3.30. The van der Waals surface area contributed by atoms with E-state index in [1.807, 2.05) is 10.6 Å². The van der Waals surface area contributed by atoms with E-state index in [4.69, 9.17) is 11.6 Å². The Balaban J connectivity index is 1.52. The van der Waals surface area contributed by atoms with Gasteiger partial charge in [-0.05, 0) is 60.4 Å². The van der Waals surface area contributed by atoms with Crippen molar-refractivity contribution < 1.29 is 18.3 Å². The van der Waals surface area contributed by atoms with Crippen LogP contribution in [0.4, 0.5) is 11.4 Å². The van der Waals surface area contributed by atoms with Gasteiger partial charge in [-0.25, -0.2) is 8.42 Å². The van der Waals surface area contributed by atoms with Gasteiger partial charge < -0.3 is 19.4 Å². The van der Waals surface area contributed by atoms with Crippen molar-refractivity contribution in [3.8, 4) is 0 Å². The van der Waals surface area contributed by atoms with Crippen LogP contribution < -0.4 is 20.3 Å². The first kappa shape index (κ1) is 22.5. The van der Waals surface area contributed by atoms with Crippen LogP contribution >= 0.6 is 11.6 Å². The summed E-state index contributed by atoms with van der Waals surface area (Å²) in [6, 6.07) is 15.3. The maximum Gasteiger partial charge on any atom is 0.261 e. The summed E-state index contributed by atoms with van der Waals surface area (Å²) >= 11 is 5.88. The molecule has 2 aliphatic heterocycles. The summed E-state index contributed by atoms with van der Waals surface area (Å²) in [5.41, 5.74) is 1.54. The number of rotatable bonds is 5. The fourth-order valence-corrected chi connectivity index (χ4v) is 6.12. The van der Waals surface area contributed by atoms with Crippen LogP contribution in [-0.4, -0.2) is 32.0 Å². The molecule has 1 N–H and O–H groups in total. The van der Waals surface area contributed by atoms with Gasteiger partial charge >= 0.3 is 0 Å². The number of halogens is 1. The van der Waals surface area contributed by atoms with Gasteiger partial charge in [0.25, 0.3) is 15.6 Å². The summed E-state index contributed by atoms with van der Waals surface area (Å²) in [5.74, 6) is -1.10. The highest BCUT2D eigenvalue weighted by atomic mass is 35.5. The summed E-state index contributed by atoms with van der Waals surface area (Å²) in [6.07, 6.45) is 0.933. The third-order valence-corrected chi connectivity index (χ3v) is 8.05. The number of hydrogen-bond donors (Lipinski definition) is 1. The highest BCUT2D eigenvalue weighted by Gasteiger charge is 2.35. The Morgan fingerprint density at radius 1 is 1.03 bits per heavy atom. The van der Waals surface area contributed by atoms with Crippen LogP contribution in [0.15, 0.2) is 70.4 Å². The standard InChI is InChI=1S/C24H22ClN3O5S/c25-18-5-7-19(8-6-18)34(32,33)26-20-11-16(24(30)31)4-9-22(20)27-12-15-10-17(14-27)21-2-1-3-23(29)28(21)13-15/h1-9,11,15,17,26H,10,12-14H2,(H,30,31)/p-1. The van der Waals surface area contributed by atoms with E-state index in [-0.39, 0.29) is 33.5 Å². The van der Waals surface area contributed by atoms with Gasteiger partial charge in [-0.3, -0.25) is 9.52 Å². The lowest BCUT2D eigenvalue weighted by Gasteiger charge is -2.44. The first-order chi connectivity index (χ1) is 16.2. The third kappa shape index (κ3) is 4.17. The second-order valence-electron chi connectivity index (χ2n) is 8.68. The molecule has 2 aromatic carbocycles. The molecule has 10 heteroatoms. The number of aromatic carboxylic acids is 1. The van der Waals surface area contributed by atoms with Crippen LogP contribution in [0.5, 0.6) is 0 Å². The van der Waals surface area contributed by atoms with Crippen LogP contribution in [0.3, 0.4) is 0 Å². The van der Waals surface area contributed by atoms with E-state index in [1.165, 1.54) is 36.4 Å². The number of piperidine rings is 1. The molecule has 0 saturated carbocycles. The SMILES string of the molecule is O=C([O-])c1ccc(N2CC3CC(C2)c2cccc(=O)n2C3)c(NS(=O)(=O)c2ccc(Cl)cc2)c1. The Morgan fingerprint density at radius 2 is 1.79 bits per heavy atom. The summed E-state index contributed by atoms with van der Waals surface area (Å²) in [6.45, 7) is 1.77. The average molecular weight is 499 g/mol. The molecule has 2 unspecified atom stereocenters. The van der Waals surface area contributed by atoms with Gasteiger partial charge in [-0.2, -0.15) is 0 Å². The van der Waals surface area contributed by atoms with Gasteiger partial charge in [0.1, 0.15) is 0 Å². The minimum Gasteiger partial charge on any atom is -0.545 e. The maximum atomic E-state index is 13.1. The van der Waals surface area contributed by atoms with Crippen molar-refractivity contribution in [3.63, 3.8) is 0 Å². The Bertz CT molecular complexity index is 1440. The molecular weight excluding hydrogens is 478 g/mol. The molecule has 0 spiro atoms. The van der Waals surface area contributed by atoms with Crippen molar-refractivity contribution in [1.82, 2.24) is 4.57 Å². The first-order valence-corrected chi connectivity index (χ1v) is 12.7. The molecule has 3 heterocycles. The molecule has 3 aromatic rings. The zero-order chi connectivity index (χ0) is 24.0. The number of anilines is 2. The number of hydrogen-bond acceptors (Lipinski definition) is 6. The number of carboxylic acids is 1. The van der Waals surface area contributed by atoms with E-state index < -0.39 is 16.0 Å². The molecule has 0 aliphatic carbocycles. The summed E-state index contributed by atoms with van der Waals surface area (Å²) in [7, 11) is -4.00. The van der Waals surface area contributed by atoms with E-state index >= 15 is 0 Å². The van der Waals surface area contributed by atoms with Crippen LogP contribution in [0, 0.1) is 5.92 Å². The number of aromatic nitrogens is 1. The predicted molar refractivity (Wildman–Crippen MR) is 127 cm³/mol. The van der Waals surface area contributed by atoms with Crippen LogP contribution in [0.2, 0.25) is 5.02 Å². The second kappa shape index (κ2) is 8.48. The molecule has 0 amide bonds. The minimum absolute atomic E-state index is 0.00511. The summed E-state index contributed by atoms with van der Waals surface area (Å²) in [4.78, 5) is 25.9. The largest absolute Gasteiger partial charge is 0.545 e. The van der Waals surface area contributed by atoms with Gasteiger partial charge in [0.15, 0.2) is 0 Å². The molecule has 34 heavy (non-hydrogen) atoms. The number of carboxylic acid groups (broad SMARTS) is 1. The Kier molecular flexibility index (Phi) is 5.61. The highest BCUT2D eigenvalue weighted by molar-refractivity contribution is 7.92. The summed E-state index contributed by atoms with van der Waals surface area (Å²) in [5, 5.41) is 11.9. The molecule has 2 bridgehead atoms. The molecule has 1 fully saturated rings. The van der Waals surface area contributed by atoms with E-state index in [9.17, 15) is 23.1 Å². The smallest absolute Gasteiger partial charge is 0.261 e. The number of nitrogens with one attached hydrogen (secondary N) is 1. The normalized spacial score (nSPS) is 19.4. The lowest BCUT2D eigenvalue weighted by atomic mass is 9.83. The molecule has 1 saturated heterocycles. The van der Waals surface area contributed by atoms with Crippen LogP contribution in [0.25, 0.3) is 0 Å². The second-order valence-corrected chi connectivity index (χ2v) is 10.8. The molecule has 176 valence electrons. The van der Waals surface area contributed by atoms with Crippen molar-refractivity contribution in [3.05, 3.63) is 87.3 Å². The first-order valence-electron chi connectivity index (χ1n) is 10.8. The van der Waals surface area contributed by atoms with Crippen LogP contribution in [-0.2, 0) is 16.6 Å². The van der Waals surface area contributed by atoms with Crippen molar-refractivity contribution in [2.75, 3.05) is 22.7 Å². The van der Waals surface area contributed by atoms with Gasteiger partial charge in [-0.1, -0.05) is 23.7 Å². The fraction of sp³-hybridized carbons (Fsp3) is 0.250. The van der Waals surface area contributed by atoms with Gasteiger partial charge in [0, 0.05) is 42.3 Å². The number of pyridine rings is 1. The molecule has 0 radical (unpaired) electrons. The molecule has 1 aromatic heterocycles. The van der Waals surface area contributed by atoms with Gasteiger partial charge in [-0.15, -0.1) is 0 Å². The van der Waals surface area contributed by atoms with E-state index in [0.29, 0.717) is 30.3 Å². The van der Waals surface area contributed by atoms with Gasteiger partial charge in [0.2, 0.25) is 0 Å². The minimum atomic E-state index is -4.00. The maximum absolute atomic E-state index is 13.1. The average Bonchev–Trinajstić information content (AvgIpc) is 2.79. The van der Waals surface area contributed by atoms with E-state index in [0.717, 1.165) is 12.1 Å². The fourth-order valence-electron chi connectivity index (χ4n) is 4.93. The lowest BCUT2D eigenvalue weighted by molar-refractivity contribution is -0.255.